The molecule has 24 heavy (non-hydrogen) atoms. The summed E-state index contributed by atoms with van der Waals surface area (Å²) >= 11 is 1.89. The average molecular weight is 463 g/mol. The molecule has 0 aliphatic heterocycles. The van der Waals surface area contributed by atoms with Gasteiger partial charge in [0.2, 0.25) is 0 Å². The van der Waals surface area contributed by atoms with Crippen molar-refractivity contribution in [1.29, 1.82) is 0 Å². The number of aryl methyl sites for hydroxylation is 1. The van der Waals surface area contributed by atoms with Crippen LogP contribution in [0.1, 0.15) is 42.4 Å². The lowest BCUT2D eigenvalue weighted by Gasteiger charge is -2.21. The topological polar surface area (TPSA) is 56.7 Å². The third-order valence-electron chi connectivity index (χ3n) is 4.35. The smallest absolute Gasteiger partial charge is 0.191 e. The summed E-state index contributed by atoms with van der Waals surface area (Å²) < 4.78 is 0. The molecule has 3 N–H and O–H groups in total. The zero-order valence-corrected chi connectivity index (χ0v) is 17.9. The van der Waals surface area contributed by atoms with Gasteiger partial charge >= 0.3 is 0 Å². The zero-order chi connectivity index (χ0) is 16.5. The van der Waals surface area contributed by atoms with Crippen LogP contribution in [0.5, 0.6) is 5.75 Å². The molecule has 136 valence electrons. The van der Waals surface area contributed by atoms with Gasteiger partial charge in [0.1, 0.15) is 5.75 Å². The molecule has 1 aliphatic carbocycles. The van der Waals surface area contributed by atoms with Crippen LogP contribution in [0, 0.1) is 0 Å². The van der Waals surface area contributed by atoms with Crippen molar-refractivity contribution >= 4 is 41.7 Å². The van der Waals surface area contributed by atoms with E-state index in [-0.39, 0.29) is 24.0 Å². The Morgan fingerprint density at radius 2 is 2.00 bits per heavy atom. The minimum atomic E-state index is 0. The van der Waals surface area contributed by atoms with Crippen LogP contribution in [0.2, 0.25) is 0 Å². The molecule has 0 amide bonds. The molecule has 0 bridgehead atoms. The summed E-state index contributed by atoms with van der Waals surface area (Å²) in [6, 6.07) is 3.91. The fraction of sp³-hybridized carbons (Fsp3) is 0.611. The summed E-state index contributed by atoms with van der Waals surface area (Å²) in [6.07, 6.45) is 9.18. The van der Waals surface area contributed by atoms with Gasteiger partial charge in [0.25, 0.3) is 0 Å². The molecule has 0 fully saturated rings. The van der Waals surface area contributed by atoms with Gasteiger partial charge in [-0.25, -0.2) is 0 Å². The van der Waals surface area contributed by atoms with Crippen molar-refractivity contribution < 1.29 is 5.11 Å². The predicted octanol–water partition coefficient (Wildman–Crippen LogP) is 3.70. The number of benzene rings is 1. The van der Waals surface area contributed by atoms with Gasteiger partial charge in [0, 0.05) is 25.7 Å². The first-order chi connectivity index (χ1) is 11.3. The van der Waals surface area contributed by atoms with Crippen LogP contribution in [-0.4, -0.2) is 36.7 Å². The minimum absolute atomic E-state index is 0. The second-order valence-electron chi connectivity index (χ2n) is 5.96. The van der Waals surface area contributed by atoms with E-state index in [2.05, 4.69) is 27.9 Å². The fourth-order valence-corrected chi connectivity index (χ4v) is 3.55. The molecule has 2 rings (SSSR count). The van der Waals surface area contributed by atoms with E-state index in [4.69, 9.17) is 0 Å². The highest BCUT2D eigenvalue weighted by atomic mass is 127. The van der Waals surface area contributed by atoms with Crippen molar-refractivity contribution in [2.45, 2.75) is 45.1 Å². The van der Waals surface area contributed by atoms with Crippen LogP contribution >= 0.6 is 35.7 Å². The molecule has 6 heteroatoms. The van der Waals surface area contributed by atoms with Crippen molar-refractivity contribution in [2.24, 2.45) is 4.99 Å². The van der Waals surface area contributed by atoms with Gasteiger partial charge in [-0.15, -0.1) is 24.0 Å². The van der Waals surface area contributed by atoms with Gasteiger partial charge in [-0.3, -0.25) is 4.99 Å². The number of thioether (sulfide) groups is 1. The van der Waals surface area contributed by atoms with Crippen molar-refractivity contribution in [2.75, 3.05) is 25.6 Å². The first-order valence-electron chi connectivity index (χ1n) is 8.52. The monoisotopic (exact) mass is 463 g/mol. The van der Waals surface area contributed by atoms with Gasteiger partial charge in [0.05, 0.1) is 0 Å². The lowest BCUT2D eigenvalue weighted by atomic mass is 9.88. The van der Waals surface area contributed by atoms with Crippen molar-refractivity contribution in [3.63, 3.8) is 0 Å². The summed E-state index contributed by atoms with van der Waals surface area (Å²) in [5, 5.41) is 16.9. The number of hydrogen-bond acceptors (Lipinski definition) is 3. The van der Waals surface area contributed by atoms with E-state index in [1.54, 1.807) is 7.05 Å². The maximum absolute atomic E-state index is 10.2. The molecule has 0 aromatic heterocycles. The number of phenols is 1. The summed E-state index contributed by atoms with van der Waals surface area (Å²) in [7, 11) is 1.79. The number of rotatable bonds is 7. The van der Waals surface area contributed by atoms with E-state index < -0.39 is 0 Å². The largest absolute Gasteiger partial charge is 0.508 e. The fourth-order valence-electron chi connectivity index (χ4n) is 3.06. The van der Waals surface area contributed by atoms with Crippen LogP contribution in [0.15, 0.2) is 17.1 Å². The Kier molecular flexibility index (Phi) is 10.6. The molecule has 0 saturated heterocycles. The molecule has 0 saturated carbocycles. The third kappa shape index (κ3) is 6.35. The van der Waals surface area contributed by atoms with Crippen molar-refractivity contribution in [3.05, 3.63) is 28.8 Å². The lowest BCUT2D eigenvalue weighted by molar-refractivity contribution is 0.464. The molecule has 1 aliphatic rings. The molecule has 0 atom stereocenters. The first-order valence-corrected chi connectivity index (χ1v) is 9.91. The Hall–Kier alpha value is -0.630. The number of guanidine groups is 1. The SMILES string of the molecule is CN=C(NCCCCSC)NCc1c(O)ccc2c1CCCC2.I. The number of nitrogens with one attached hydrogen (secondary N) is 2. The number of hydrogen-bond donors (Lipinski definition) is 3. The van der Waals surface area contributed by atoms with Crippen LogP contribution in [-0.2, 0) is 19.4 Å². The summed E-state index contributed by atoms with van der Waals surface area (Å²) in [4.78, 5) is 4.27. The maximum Gasteiger partial charge on any atom is 0.191 e. The van der Waals surface area contributed by atoms with Crippen LogP contribution in [0.25, 0.3) is 0 Å². The van der Waals surface area contributed by atoms with Gasteiger partial charge in [-0.2, -0.15) is 11.8 Å². The molecule has 1 aromatic carbocycles. The lowest BCUT2D eigenvalue weighted by Crippen LogP contribution is -2.37. The Balaban J connectivity index is 0.00000288. The quantitative estimate of drug-likeness (QED) is 0.250. The van der Waals surface area contributed by atoms with Crippen molar-refractivity contribution in [3.8, 4) is 5.75 Å². The molecule has 0 spiro atoms. The van der Waals surface area contributed by atoms with Crippen LogP contribution < -0.4 is 10.6 Å². The maximum atomic E-state index is 10.2. The Bertz CT molecular complexity index is 537. The van der Waals surface area contributed by atoms with E-state index >= 15 is 0 Å². The first kappa shape index (κ1) is 21.4. The number of aromatic hydroxyl groups is 1. The Labute approximate surface area is 167 Å². The molecule has 0 radical (unpaired) electrons. The summed E-state index contributed by atoms with van der Waals surface area (Å²) in [5.74, 6) is 2.41. The van der Waals surface area contributed by atoms with Gasteiger partial charge < -0.3 is 15.7 Å². The van der Waals surface area contributed by atoms with Crippen molar-refractivity contribution in [1.82, 2.24) is 10.6 Å². The highest BCUT2D eigenvalue weighted by Crippen LogP contribution is 2.30. The normalized spacial score (nSPS) is 13.8. The number of nitrogens with zero attached hydrogens (tertiary/aromatic N) is 1. The van der Waals surface area contributed by atoms with E-state index in [0.717, 1.165) is 37.3 Å². The third-order valence-corrected chi connectivity index (χ3v) is 5.05. The second-order valence-corrected chi connectivity index (χ2v) is 6.95. The zero-order valence-electron chi connectivity index (χ0n) is 14.7. The molecule has 0 unspecified atom stereocenters. The second kappa shape index (κ2) is 11.8. The molecule has 0 heterocycles. The number of halogens is 1. The highest BCUT2D eigenvalue weighted by molar-refractivity contribution is 14.0. The number of fused-ring (bicyclic) bond motifs is 1. The van der Waals surface area contributed by atoms with Gasteiger partial charge in [-0.05, 0) is 67.7 Å². The number of aliphatic imine (C=N–C) groups is 1. The van der Waals surface area contributed by atoms with E-state index in [1.165, 1.54) is 36.1 Å². The molecule has 1 aromatic rings. The van der Waals surface area contributed by atoms with E-state index in [0.29, 0.717) is 12.3 Å². The summed E-state index contributed by atoms with van der Waals surface area (Å²) in [6.45, 7) is 1.55. The van der Waals surface area contributed by atoms with Crippen LogP contribution in [0.4, 0.5) is 0 Å². The molecule has 4 nitrogen and oxygen atoms in total. The Morgan fingerprint density at radius 3 is 2.75 bits per heavy atom. The van der Waals surface area contributed by atoms with E-state index in [1.807, 2.05) is 17.8 Å². The highest BCUT2D eigenvalue weighted by Gasteiger charge is 2.16. The minimum Gasteiger partial charge on any atom is -0.508 e. The molecular formula is C18H30IN3OS. The number of phenolic OH excluding ortho intramolecular Hbond substituents is 1. The standard InChI is InChI=1S/C18H29N3OS.HI/c1-19-18(20-11-5-6-12-23-2)21-13-16-15-8-4-3-7-14(15)9-10-17(16)22;/h9-10,22H,3-8,11-13H2,1-2H3,(H2,19,20,21);1H. The number of unbranched alkanes of at least 4 members (excludes halogenated alkanes) is 1. The van der Waals surface area contributed by atoms with Gasteiger partial charge in [-0.1, -0.05) is 6.07 Å². The molecular weight excluding hydrogens is 433 g/mol. The van der Waals surface area contributed by atoms with Crippen LogP contribution in [0.3, 0.4) is 0 Å². The predicted molar refractivity (Wildman–Crippen MR) is 116 cm³/mol. The van der Waals surface area contributed by atoms with Gasteiger partial charge in [0.15, 0.2) is 5.96 Å². The van der Waals surface area contributed by atoms with E-state index in [9.17, 15) is 5.11 Å². The Morgan fingerprint density at radius 1 is 1.21 bits per heavy atom. The summed E-state index contributed by atoms with van der Waals surface area (Å²) in [5.41, 5.74) is 3.76. The average Bonchev–Trinajstić information content (AvgIpc) is 2.58.